The van der Waals surface area contributed by atoms with Crippen LogP contribution in [0.15, 0.2) is 18.3 Å². The second kappa shape index (κ2) is 6.43. The number of pyridine rings is 1. The highest BCUT2D eigenvalue weighted by atomic mass is 32.2. The zero-order valence-electron chi connectivity index (χ0n) is 11.2. The molecule has 1 N–H and O–H groups in total. The molecule has 1 fully saturated rings. The largest absolute Gasteiger partial charge is 0.387 e. The van der Waals surface area contributed by atoms with Crippen LogP contribution in [-0.2, 0) is 0 Å². The Balaban J connectivity index is 2.04. The molecule has 18 heavy (non-hydrogen) atoms. The van der Waals surface area contributed by atoms with E-state index in [9.17, 15) is 5.11 Å². The lowest BCUT2D eigenvalue weighted by molar-refractivity contribution is 0.169. The van der Waals surface area contributed by atoms with E-state index in [4.69, 9.17) is 0 Å². The van der Waals surface area contributed by atoms with Crippen LogP contribution in [0.25, 0.3) is 0 Å². The Morgan fingerprint density at radius 2 is 2.33 bits per heavy atom. The lowest BCUT2D eigenvalue weighted by Gasteiger charge is -2.33. The summed E-state index contributed by atoms with van der Waals surface area (Å²) < 4.78 is 0. The zero-order valence-corrected chi connectivity index (χ0v) is 12.0. The van der Waals surface area contributed by atoms with Crippen LogP contribution in [0.4, 0.5) is 5.69 Å². The molecule has 0 aliphatic carbocycles. The van der Waals surface area contributed by atoms with Crippen LogP contribution < -0.4 is 4.90 Å². The molecular weight excluding hydrogens is 244 g/mol. The minimum Gasteiger partial charge on any atom is -0.387 e. The normalized spacial score (nSPS) is 21.9. The van der Waals surface area contributed by atoms with Crippen LogP contribution in [0, 0.1) is 0 Å². The summed E-state index contributed by atoms with van der Waals surface area (Å²) in [5.74, 6) is 1.19. The molecule has 0 bridgehead atoms. The summed E-state index contributed by atoms with van der Waals surface area (Å²) in [5.41, 5.74) is 1.96. The van der Waals surface area contributed by atoms with E-state index in [-0.39, 0.29) is 0 Å². The lowest BCUT2D eigenvalue weighted by atomic mass is 10.2. The summed E-state index contributed by atoms with van der Waals surface area (Å²) in [6.07, 6.45) is 3.40. The van der Waals surface area contributed by atoms with Gasteiger partial charge in [-0.15, -0.1) is 0 Å². The van der Waals surface area contributed by atoms with Gasteiger partial charge in [0.05, 0.1) is 23.7 Å². The average molecular weight is 266 g/mol. The molecular formula is C14H22N2OS. The molecule has 0 amide bonds. The van der Waals surface area contributed by atoms with E-state index < -0.39 is 6.10 Å². The lowest BCUT2D eigenvalue weighted by Crippen LogP contribution is -2.37. The summed E-state index contributed by atoms with van der Waals surface area (Å²) in [5, 5.41) is 10.5. The van der Waals surface area contributed by atoms with Gasteiger partial charge in [-0.3, -0.25) is 4.98 Å². The number of hydrogen-bond acceptors (Lipinski definition) is 4. The number of thioether (sulfide) groups is 1. The van der Waals surface area contributed by atoms with E-state index in [1.807, 2.05) is 19.2 Å². The van der Waals surface area contributed by atoms with Crippen LogP contribution in [0.3, 0.4) is 0 Å². The molecule has 1 aliphatic heterocycles. The minimum absolute atomic E-state index is 0.431. The van der Waals surface area contributed by atoms with Crippen molar-refractivity contribution in [3.63, 3.8) is 0 Å². The van der Waals surface area contributed by atoms with Crippen LogP contribution >= 0.6 is 11.8 Å². The molecule has 1 saturated heterocycles. The summed E-state index contributed by atoms with van der Waals surface area (Å²) in [7, 11) is 0. The van der Waals surface area contributed by atoms with Crippen molar-refractivity contribution in [1.29, 1.82) is 0 Å². The number of hydrogen-bond donors (Lipinski definition) is 1. The summed E-state index contributed by atoms with van der Waals surface area (Å²) >= 11 is 2.07. The fraction of sp³-hybridized carbons (Fsp3) is 0.643. The van der Waals surface area contributed by atoms with Gasteiger partial charge < -0.3 is 10.0 Å². The molecule has 1 aromatic heterocycles. The van der Waals surface area contributed by atoms with Gasteiger partial charge in [0.2, 0.25) is 0 Å². The van der Waals surface area contributed by atoms with Crippen molar-refractivity contribution in [2.75, 3.05) is 23.7 Å². The van der Waals surface area contributed by atoms with Gasteiger partial charge in [-0.25, -0.2) is 0 Å². The number of aliphatic hydroxyl groups is 1. The van der Waals surface area contributed by atoms with Gasteiger partial charge in [-0.05, 0) is 25.0 Å². The third-order valence-electron chi connectivity index (χ3n) is 3.46. The van der Waals surface area contributed by atoms with Gasteiger partial charge in [0.1, 0.15) is 0 Å². The third-order valence-corrected chi connectivity index (χ3v) is 4.83. The van der Waals surface area contributed by atoms with Crippen LogP contribution in [0.2, 0.25) is 0 Å². The van der Waals surface area contributed by atoms with Gasteiger partial charge >= 0.3 is 0 Å². The van der Waals surface area contributed by atoms with Crippen molar-refractivity contribution < 1.29 is 5.11 Å². The second-order valence-electron chi connectivity index (χ2n) is 4.71. The third kappa shape index (κ3) is 3.18. The molecule has 3 nitrogen and oxygen atoms in total. The maximum Gasteiger partial charge on any atom is 0.0957 e. The highest BCUT2D eigenvalue weighted by molar-refractivity contribution is 8.00. The Morgan fingerprint density at radius 1 is 1.50 bits per heavy atom. The fourth-order valence-corrected chi connectivity index (χ4v) is 3.37. The van der Waals surface area contributed by atoms with E-state index in [0.717, 1.165) is 24.0 Å². The van der Waals surface area contributed by atoms with E-state index in [0.29, 0.717) is 6.42 Å². The number of aliphatic hydroxyl groups excluding tert-OH is 1. The highest BCUT2D eigenvalue weighted by Crippen LogP contribution is 2.26. The molecule has 2 heterocycles. The SMILES string of the molecule is CCC1CN(c2ccc([C@H](O)CC)nc2)CCS1. The van der Waals surface area contributed by atoms with E-state index in [1.165, 1.54) is 17.9 Å². The average Bonchev–Trinajstić information content (AvgIpc) is 2.46. The Morgan fingerprint density at radius 3 is 2.94 bits per heavy atom. The number of aromatic nitrogens is 1. The molecule has 2 atom stereocenters. The maximum atomic E-state index is 9.73. The first kappa shape index (κ1) is 13.7. The predicted octanol–water partition coefficient (Wildman–Crippen LogP) is 2.86. The Hall–Kier alpha value is -0.740. The number of nitrogens with zero attached hydrogens (tertiary/aromatic N) is 2. The molecule has 4 heteroatoms. The number of anilines is 1. The molecule has 0 radical (unpaired) electrons. The van der Waals surface area contributed by atoms with Crippen molar-refractivity contribution in [3.8, 4) is 0 Å². The quantitative estimate of drug-likeness (QED) is 0.909. The van der Waals surface area contributed by atoms with Crippen molar-refractivity contribution >= 4 is 17.4 Å². The van der Waals surface area contributed by atoms with E-state index in [2.05, 4.69) is 34.6 Å². The van der Waals surface area contributed by atoms with Gasteiger partial charge in [-0.1, -0.05) is 13.8 Å². The maximum absolute atomic E-state index is 9.73. The predicted molar refractivity (Wildman–Crippen MR) is 78.2 cm³/mol. The standard InChI is InChI=1S/C14H22N2OS/c1-3-12-10-16(7-8-18-12)11-5-6-13(15-9-11)14(17)4-2/h5-6,9,12,14,17H,3-4,7-8,10H2,1-2H3/t12?,14-/m1/s1. The molecule has 0 spiro atoms. The topological polar surface area (TPSA) is 36.4 Å². The fourth-order valence-electron chi connectivity index (χ4n) is 2.19. The molecule has 1 aromatic rings. The molecule has 1 unspecified atom stereocenters. The zero-order chi connectivity index (χ0) is 13.0. The Kier molecular flexibility index (Phi) is 4.89. The van der Waals surface area contributed by atoms with Gasteiger partial charge in [0.25, 0.3) is 0 Å². The Bertz CT molecular complexity index is 369. The van der Waals surface area contributed by atoms with Gasteiger partial charge in [0, 0.05) is 24.1 Å². The number of rotatable bonds is 4. The van der Waals surface area contributed by atoms with Crippen molar-refractivity contribution in [2.45, 2.75) is 38.0 Å². The smallest absolute Gasteiger partial charge is 0.0957 e. The van der Waals surface area contributed by atoms with Crippen LogP contribution in [-0.4, -0.2) is 34.2 Å². The van der Waals surface area contributed by atoms with Crippen molar-refractivity contribution in [2.24, 2.45) is 0 Å². The van der Waals surface area contributed by atoms with Crippen LogP contribution in [0.5, 0.6) is 0 Å². The Labute approximate surface area is 114 Å². The van der Waals surface area contributed by atoms with E-state index in [1.54, 1.807) is 0 Å². The van der Waals surface area contributed by atoms with Crippen LogP contribution in [0.1, 0.15) is 38.5 Å². The van der Waals surface area contributed by atoms with Gasteiger partial charge in [0.15, 0.2) is 0 Å². The molecule has 100 valence electrons. The first-order chi connectivity index (χ1) is 8.74. The second-order valence-corrected chi connectivity index (χ2v) is 6.12. The summed E-state index contributed by atoms with van der Waals surface area (Å²) in [6.45, 7) is 6.42. The van der Waals surface area contributed by atoms with Gasteiger partial charge in [-0.2, -0.15) is 11.8 Å². The highest BCUT2D eigenvalue weighted by Gasteiger charge is 2.19. The first-order valence-electron chi connectivity index (χ1n) is 6.75. The molecule has 0 saturated carbocycles. The monoisotopic (exact) mass is 266 g/mol. The van der Waals surface area contributed by atoms with Crippen molar-refractivity contribution in [3.05, 3.63) is 24.0 Å². The molecule has 2 rings (SSSR count). The summed E-state index contributed by atoms with van der Waals surface area (Å²) in [4.78, 5) is 6.78. The van der Waals surface area contributed by atoms with Crippen molar-refractivity contribution in [1.82, 2.24) is 4.98 Å². The molecule has 0 aromatic carbocycles. The first-order valence-corrected chi connectivity index (χ1v) is 7.80. The minimum atomic E-state index is -0.431. The van der Waals surface area contributed by atoms with E-state index >= 15 is 0 Å². The summed E-state index contributed by atoms with van der Waals surface area (Å²) in [6, 6.07) is 4.04. The molecule has 1 aliphatic rings.